The minimum absolute atomic E-state index is 0.00194. The maximum Gasteiger partial charge on any atom is 0.248 e. The van der Waals surface area contributed by atoms with Gasteiger partial charge in [0.1, 0.15) is 29.5 Å². The molecule has 0 aliphatic heterocycles. The van der Waals surface area contributed by atoms with Crippen LogP contribution in [0.1, 0.15) is 27.2 Å². The van der Waals surface area contributed by atoms with Crippen LogP contribution in [0, 0.1) is 11.2 Å². The Morgan fingerprint density at radius 3 is 2.43 bits per heavy atom. The molecule has 11 nitrogen and oxygen atoms in total. The van der Waals surface area contributed by atoms with Crippen molar-refractivity contribution >= 4 is 46.2 Å². The largest absolute Gasteiger partial charge is 0.495 e. The van der Waals surface area contributed by atoms with Crippen molar-refractivity contribution in [3.63, 3.8) is 0 Å². The van der Waals surface area contributed by atoms with E-state index in [0.29, 0.717) is 47.6 Å². The molecule has 0 atom stereocenters. The summed E-state index contributed by atoms with van der Waals surface area (Å²) >= 11 is 5.87. The van der Waals surface area contributed by atoms with Gasteiger partial charge in [-0.1, -0.05) is 38.4 Å². The van der Waals surface area contributed by atoms with Crippen molar-refractivity contribution < 1.29 is 18.8 Å². The Hall–Kier alpha value is -3.81. The van der Waals surface area contributed by atoms with Crippen molar-refractivity contribution in [3.05, 3.63) is 71.8 Å². The quantitative estimate of drug-likeness (QED) is 0.105. The molecule has 44 heavy (non-hydrogen) atoms. The summed E-state index contributed by atoms with van der Waals surface area (Å²) in [6, 6.07) is 11.2. The van der Waals surface area contributed by atoms with Crippen LogP contribution in [0.15, 0.2) is 60.9 Å². The summed E-state index contributed by atoms with van der Waals surface area (Å²) in [4.78, 5) is 28.4. The summed E-state index contributed by atoms with van der Waals surface area (Å²) in [5.74, 6) is 0.733. The third kappa shape index (κ3) is 13.2. The number of benzene rings is 2. The predicted octanol–water partition coefficient (Wildman–Crippen LogP) is 5.72. The first-order valence-electron chi connectivity index (χ1n) is 14.1. The highest BCUT2D eigenvalue weighted by molar-refractivity contribution is 6.31. The molecule has 1 heterocycles. The van der Waals surface area contributed by atoms with E-state index in [4.69, 9.17) is 26.9 Å². The Balaban J connectivity index is 0.00000159. The third-order valence-electron chi connectivity index (χ3n) is 5.87. The topological polar surface area (TPSA) is 139 Å². The van der Waals surface area contributed by atoms with Gasteiger partial charge in [-0.15, -0.1) is 0 Å². The molecule has 1 amide bonds. The fourth-order valence-corrected chi connectivity index (χ4v) is 4.05. The number of aromatic nitrogens is 2. The number of carbonyl (C=O) groups excluding carboxylic acids is 1. The number of hydrogen-bond donors (Lipinski definition) is 5. The van der Waals surface area contributed by atoms with Crippen LogP contribution in [0.5, 0.6) is 5.75 Å². The van der Waals surface area contributed by atoms with E-state index in [1.807, 2.05) is 13.1 Å². The number of methoxy groups -OCH3 is 1. The number of rotatable bonds is 15. The normalized spacial score (nSPS) is 11.2. The van der Waals surface area contributed by atoms with Gasteiger partial charge in [0.25, 0.3) is 0 Å². The van der Waals surface area contributed by atoms with E-state index in [9.17, 15) is 9.18 Å². The highest BCUT2D eigenvalue weighted by Gasteiger charge is 2.20. The van der Waals surface area contributed by atoms with E-state index in [0.717, 1.165) is 19.5 Å². The molecular weight excluding hydrogens is 587 g/mol. The van der Waals surface area contributed by atoms with Gasteiger partial charge in [0.15, 0.2) is 0 Å². The van der Waals surface area contributed by atoms with Gasteiger partial charge < -0.3 is 36.2 Å². The highest BCUT2D eigenvalue weighted by Crippen LogP contribution is 2.31. The molecule has 0 aliphatic carbocycles. The fourth-order valence-electron chi connectivity index (χ4n) is 3.87. The van der Waals surface area contributed by atoms with Crippen LogP contribution in [-0.4, -0.2) is 68.2 Å². The minimum atomic E-state index is -0.505. The molecule has 0 bridgehead atoms. The van der Waals surface area contributed by atoms with Gasteiger partial charge >= 0.3 is 0 Å². The van der Waals surface area contributed by atoms with Gasteiger partial charge in [0, 0.05) is 49.1 Å². The lowest BCUT2D eigenvalue weighted by molar-refractivity contribution is -0.111. The lowest BCUT2D eigenvalue weighted by Gasteiger charge is -2.29. The lowest BCUT2D eigenvalue weighted by Crippen LogP contribution is -2.36. The number of anilines is 5. The highest BCUT2D eigenvalue weighted by atomic mass is 35.5. The fraction of sp³-hybridized carbons (Fsp3) is 0.387. The van der Waals surface area contributed by atoms with Crippen molar-refractivity contribution in [1.29, 1.82) is 0 Å². The van der Waals surface area contributed by atoms with Crippen LogP contribution in [0.3, 0.4) is 0 Å². The summed E-state index contributed by atoms with van der Waals surface area (Å²) in [5, 5.41) is 9.12. The number of nitrogens with zero attached hydrogens (tertiary/aromatic N) is 3. The maximum absolute atomic E-state index is 13.5. The summed E-state index contributed by atoms with van der Waals surface area (Å²) in [7, 11) is 5.28. The van der Waals surface area contributed by atoms with Gasteiger partial charge in [-0.2, -0.15) is 0 Å². The van der Waals surface area contributed by atoms with Crippen molar-refractivity contribution in [3.8, 4) is 5.75 Å². The minimum Gasteiger partial charge on any atom is -0.495 e. The van der Waals surface area contributed by atoms with Crippen molar-refractivity contribution in [2.45, 2.75) is 27.2 Å². The Morgan fingerprint density at radius 1 is 1.11 bits per heavy atom. The zero-order valence-electron chi connectivity index (χ0n) is 26.2. The molecule has 0 radical (unpaired) electrons. The number of nitrogens with two attached hydrogens (primary N) is 1. The van der Waals surface area contributed by atoms with Gasteiger partial charge in [0.2, 0.25) is 5.91 Å². The molecule has 6 N–H and O–H groups in total. The SMILES string of the molecule is CCCN.CNOCC(C)(C)CN(C)C/C=C/C(=O)Nc1ccc(OC)c(Nc2cc(Nc3ccc(F)c(Cl)c3)ncn2)c1. The Morgan fingerprint density at radius 2 is 1.80 bits per heavy atom. The molecular formula is C31H44ClFN8O3. The molecule has 0 unspecified atom stereocenters. The molecule has 0 fully saturated rings. The number of hydrogen-bond acceptors (Lipinski definition) is 10. The van der Waals surface area contributed by atoms with Crippen LogP contribution in [0.2, 0.25) is 5.02 Å². The summed E-state index contributed by atoms with van der Waals surface area (Å²) in [6.07, 6.45) is 5.80. The molecule has 3 aromatic rings. The zero-order valence-corrected chi connectivity index (χ0v) is 27.0. The predicted molar refractivity (Wildman–Crippen MR) is 176 cm³/mol. The van der Waals surface area contributed by atoms with Gasteiger partial charge in [-0.3, -0.25) is 4.79 Å². The number of halogens is 2. The number of carbonyl (C=O) groups is 1. The number of hydroxylamine groups is 1. The Bertz CT molecular complexity index is 1360. The summed E-state index contributed by atoms with van der Waals surface area (Å²) in [6.45, 7) is 9.09. The second kappa shape index (κ2) is 18.8. The lowest BCUT2D eigenvalue weighted by atomic mass is 9.94. The van der Waals surface area contributed by atoms with E-state index in [1.165, 1.54) is 24.5 Å². The van der Waals surface area contributed by atoms with E-state index in [1.54, 1.807) is 44.5 Å². The van der Waals surface area contributed by atoms with Crippen LogP contribution in [0.25, 0.3) is 0 Å². The monoisotopic (exact) mass is 630 g/mol. The van der Waals surface area contributed by atoms with Crippen LogP contribution in [-0.2, 0) is 9.63 Å². The van der Waals surface area contributed by atoms with E-state index in [-0.39, 0.29) is 16.3 Å². The maximum atomic E-state index is 13.5. The first kappa shape index (κ1) is 36.4. The van der Waals surface area contributed by atoms with E-state index >= 15 is 0 Å². The Labute approximate surface area is 264 Å². The van der Waals surface area contributed by atoms with Gasteiger partial charge in [-0.05, 0) is 56.4 Å². The molecule has 0 saturated heterocycles. The molecule has 2 aromatic carbocycles. The number of likely N-dealkylation sites (N-methyl/N-ethyl adjacent to an activating group) is 1. The molecule has 0 spiro atoms. The molecule has 0 saturated carbocycles. The second-order valence-electron chi connectivity index (χ2n) is 10.6. The first-order valence-corrected chi connectivity index (χ1v) is 14.5. The molecule has 13 heteroatoms. The zero-order chi connectivity index (χ0) is 32.5. The molecule has 0 aliphatic rings. The standard InChI is InChI=1S/C28H35ClFN7O3.C3H9N/c1-28(2,17-40-31-3)16-37(4)12-6-7-27(38)35-20-9-11-24(39-5)23(14-20)36-26-15-25(32-18-33-26)34-19-8-10-22(30)21(29)13-19;1-2-3-4/h6-11,13-15,18,31H,12,16-17H2,1-5H3,(H,35,38)(H2,32,33,34,36);2-4H2,1H3/b7-6+;. The van der Waals surface area contributed by atoms with E-state index < -0.39 is 5.82 Å². The van der Waals surface area contributed by atoms with E-state index in [2.05, 4.69) is 57.1 Å². The summed E-state index contributed by atoms with van der Waals surface area (Å²) < 4.78 is 18.9. The van der Waals surface area contributed by atoms with Gasteiger partial charge in [-0.25, -0.2) is 19.8 Å². The number of amides is 1. The third-order valence-corrected chi connectivity index (χ3v) is 6.16. The average Bonchev–Trinajstić information content (AvgIpc) is 2.98. The van der Waals surface area contributed by atoms with Crippen molar-refractivity contribution in [1.82, 2.24) is 20.3 Å². The van der Waals surface area contributed by atoms with Crippen LogP contribution >= 0.6 is 11.6 Å². The molecule has 3 rings (SSSR count). The smallest absolute Gasteiger partial charge is 0.248 e. The van der Waals surface area contributed by atoms with Crippen LogP contribution < -0.4 is 31.9 Å². The van der Waals surface area contributed by atoms with Gasteiger partial charge in [0.05, 0.1) is 24.4 Å². The molecule has 1 aromatic heterocycles. The second-order valence-corrected chi connectivity index (χ2v) is 11.0. The first-order chi connectivity index (χ1) is 21.0. The number of nitrogens with one attached hydrogen (secondary N) is 4. The summed E-state index contributed by atoms with van der Waals surface area (Å²) in [5.41, 5.74) is 9.41. The molecule has 240 valence electrons. The van der Waals surface area contributed by atoms with Crippen LogP contribution in [0.4, 0.5) is 33.1 Å². The average molecular weight is 631 g/mol. The van der Waals surface area contributed by atoms with Crippen molar-refractivity contribution in [2.75, 3.05) is 63.4 Å². The Kier molecular flexibility index (Phi) is 15.5. The van der Waals surface area contributed by atoms with Crippen molar-refractivity contribution in [2.24, 2.45) is 11.1 Å². The number of ether oxygens (including phenoxy) is 1.